The predicted molar refractivity (Wildman–Crippen MR) is 68.5 cm³/mol. The summed E-state index contributed by atoms with van der Waals surface area (Å²) in [7, 11) is 1.94. The molecule has 0 spiro atoms. The van der Waals surface area contributed by atoms with Crippen LogP contribution in [0.5, 0.6) is 0 Å². The van der Waals surface area contributed by atoms with Gasteiger partial charge in [0.2, 0.25) is 0 Å². The van der Waals surface area contributed by atoms with Gasteiger partial charge in [-0.3, -0.25) is 4.90 Å². The first-order chi connectivity index (χ1) is 8.76. The highest BCUT2D eigenvalue weighted by atomic mass is 19.1. The number of halogens is 1. The number of likely N-dealkylation sites (tertiary alicyclic amines) is 1. The summed E-state index contributed by atoms with van der Waals surface area (Å²) in [4.78, 5) is 2.29. The largest absolute Gasteiger partial charge is 0.318 e. The van der Waals surface area contributed by atoms with Gasteiger partial charge in [0.05, 0.1) is 5.56 Å². The Bertz CT molecular complexity index is 453. The lowest BCUT2D eigenvalue weighted by atomic mass is 10.1. The van der Waals surface area contributed by atoms with Gasteiger partial charge in [0.15, 0.2) is 0 Å². The van der Waals surface area contributed by atoms with E-state index in [0.29, 0.717) is 18.2 Å². The number of likely N-dealkylation sites (N-methyl/N-ethyl adjacent to an activating group) is 1. The Morgan fingerprint density at radius 1 is 1.56 bits per heavy atom. The Morgan fingerprint density at radius 3 is 3.11 bits per heavy atom. The third-order valence-corrected chi connectivity index (χ3v) is 3.51. The highest BCUT2D eigenvalue weighted by Gasteiger charge is 2.24. The maximum absolute atomic E-state index is 14.0. The molecular formula is C14H18FN3. The monoisotopic (exact) mass is 247 g/mol. The molecule has 0 aliphatic carbocycles. The summed E-state index contributed by atoms with van der Waals surface area (Å²) in [6.45, 7) is 2.52. The lowest BCUT2D eigenvalue weighted by Crippen LogP contribution is -2.36. The van der Waals surface area contributed by atoms with E-state index >= 15 is 0 Å². The van der Waals surface area contributed by atoms with Gasteiger partial charge in [-0.25, -0.2) is 4.39 Å². The zero-order valence-corrected chi connectivity index (χ0v) is 10.6. The third-order valence-electron chi connectivity index (χ3n) is 3.51. The summed E-state index contributed by atoms with van der Waals surface area (Å²) in [6.07, 6.45) is 2.31. The second-order valence-electron chi connectivity index (χ2n) is 4.71. The van der Waals surface area contributed by atoms with Gasteiger partial charge in [0.1, 0.15) is 11.9 Å². The van der Waals surface area contributed by atoms with Crippen LogP contribution in [-0.2, 0) is 6.54 Å². The van der Waals surface area contributed by atoms with E-state index in [1.54, 1.807) is 12.1 Å². The highest BCUT2D eigenvalue weighted by molar-refractivity contribution is 5.35. The minimum absolute atomic E-state index is 0.136. The molecule has 0 amide bonds. The fraction of sp³-hybridized carbons (Fsp3) is 0.500. The minimum atomic E-state index is -0.366. The van der Waals surface area contributed by atoms with E-state index in [2.05, 4.69) is 10.2 Å². The predicted octanol–water partition coefficient (Wildman–Crippen LogP) is 1.88. The summed E-state index contributed by atoms with van der Waals surface area (Å²) in [5.41, 5.74) is 0.758. The minimum Gasteiger partial charge on any atom is -0.318 e. The van der Waals surface area contributed by atoms with Crippen LogP contribution in [-0.4, -0.2) is 31.1 Å². The van der Waals surface area contributed by atoms with Crippen molar-refractivity contribution >= 4 is 0 Å². The molecule has 1 aromatic carbocycles. The fourth-order valence-electron chi connectivity index (χ4n) is 2.58. The summed E-state index contributed by atoms with van der Waals surface area (Å²) < 4.78 is 14.0. The van der Waals surface area contributed by atoms with Crippen molar-refractivity contribution in [1.29, 1.82) is 5.26 Å². The zero-order valence-electron chi connectivity index (χ0n) is 10.6. The SMILES string of the molecule is CNCC1CCCN1Cc1cccc(C#N)c1F. The molecule has 18 heavy (non-hydrogen) atoms. The first kappa shape index (κ1) is 13.0. The molecule has 1 fully saturated rings. The molecule has 1 unspecified atom stereocenters. The van der Waals surface area contributed by atoms with Crippen molar-refractivity contribution in [3.63, 3.8) is 0 Å². The van der Waals surface area contributed by atoms with Gasteiger partial charge in [0.25, 0.3) is 0 Å². The molecule has 2 rings (SSSR count). The van der Waals surface area contributed by atoms with Crippen molar-refractivity contribution in [2.45, 2.75) is 25.4 Å². The first-order valence-corrected chi connectivity index (χ1v) is 6.32. The average molecular weight is 247 g/mol. The Balaban J connectivity index is 2.12. The van der Waals surface area contributed by atoms with E-state index in [9.17, 15) is 4.39 Å². The van der Waals surface area contributed by atoms with Crippen LogP contribution in [0.3, 0.4) is 0 Å². The van der Waals surface area contributed by atoms with Gasteiger partial charge in [-0.15, -0.1) is 0 Å². The van der Waals surface area contributed by atoms with E-state index in [1.807, 2.05) is 13.1 Å². The van der Waals surface area contributed by atoms with Crippen molar-refractivity contribution in [1.82, 2.24) is 10.2 Å². The van der Waals surface area contributed by atoms with E-state index in [1.165, 1.54) is 6.07 Å². The maximum atomic E-state index is 14.0. The highest BCUT2D eigenvalue weighted by Crippen LogP contribution is 2.21. The summed E-state index contributed by atoms with van der Waals surface area (Å²) in [5.74, 6) is -0.366. The smallest absolute Gasteiger partial charge is 0.145 e. The van der Waals surface area contributed by atoms with Crippen molar-refractivity contribution in [3.05, 3.63) is 35.1 Å². The third kappa shape index (κ3) is 2.69. The summed E-state index contributed by atoms with van der Waals surface area (Å²) >= 11 is 0. The normalized spacial score (nSPS) is 19.9. The van der Waals surface area contributed by atoms with Gasteiger partial charge in [-0.1, -0.05) is 12.1 Å². The molecule has 0 aromatic heterocycles. The number of benzene rings is 1. The van der Waals surface area contributed by atoms with Crippen LogP contribution < -0.4 is 5.32 Å². The molecule has 0 radical (unpaired) electrons. The topological polar surface area (TPSA) is 39.1 Å². The van der Waals surface area contributed by atoms with Crippen molar-refractivity contribution in [3.8, 4) is 6.07 Å². The maximum Gasteiger partial charge on any atom is 0.145 e. The number of nitrogens with one attached hydrogen (secondary N) is 1. The van der Waals surface area contributed by atoms with Crippen LogP contribution >= 0.6 is 0 Å². The van der Waals surface area contributed by atoms with Gasteiger partial charge >= 0.3 is 0 Å². The van der Waals surface area contributed by atoms with Gasteiger partial charge in [-0.2, -0.15) is 5.26 Å². The Morgan fingerprint density at radius 2 is 2.39 bits per heavy atom. The molecule has 1 aliphatic heterocycles. The van der Waals surface area contributed by atoms with Crippen LogP contribution in [0.1, 0.15) is 24.0 Å². The van der Waals surface area contributed by atoms with Crippen LogP contribution in [0.25, 0.3) is 0 Å². The second-order valence-corrected chi connectivity index (χ2v) is 4.71. The zero-order chi connectivity index (χ0) is 13.0. The average Bonchev–Trinajstić information content (AvgIpc) is 2.80. The number of hydrogen-bond donors (Lipinski definition) is 1. The van der Waals surface area contributed by atoms with Crippen LogP contribution in [0.2, 0.25) is 0 Å². The van der Waals surface area contributed by atoms with Gasteiger partial charge < -0.3 is 5.32 Å². The Hall–Kier alpha value is -1.44. The number of nitrogens with zero attached hydrogens (tertiary/aromatic N) is 2. The van der Waals surface area contributed by atoms with Crippen LogP contribution in [0.15, 0.2) is 18.2 Å². The quantitative estimate of drug-likeness (QED) is 0.883. The molecule has 96 valence electrons. The molecule has 0 saturated carbocycles. The van der Waals surface area contributed by atoms with E-state index in [-0.39, 0.29) is 11.4 Å². The molecular weight excluding hydrogens is 229 g/mol. The molecule has 1 N–H and O–H groups in total. The lowest BCUT2D eigenvalue weighted by molar-refractivity contribution is 0.239. The van der Waals surface area contributed by atoms with Gasteiger partial charge in [-0.05, 0) is 32.5 Å². The lowest BCUT2D eigenvalue weighted by Gasteiger charge is -2.24. The molecule has 1 atom stereocenters. The second kappa shape index (κ2) is 5.94. The van der Waals surface area contributed by atoms with Crippen molar-refractivity contribution in [2.75, 3.05) is 20.1 Å². The van der Waals surface area contributed by atoms with Crippen molar-refractivity contribution in [2.24, 2.45) is 0 Å². The number of hydrogen-bond acceptors (Lipinski definition) is 3. The first-order valence-electron chi connectivity index (χ1n) is 6.32. The molecule has 4 heteroatoms. The Labute approximate surface area is 107 Å². The summed E-state index contributed by atoms with van der Waals surface area (Å²) in [6, 6.07) is 7.40. The molecule has 1 saturated heterocycles. The molecule has 0 bridgehead atoms. The molecule has 1 heterocycles. The van der Waals surface area contributed by atoms with Crippen molar-refractivity contribution < 1.29 is 4.39 Å². The van der Waals surface area contributed by atoms with E-state index in [4.69, 9.17) is 5.26 Å². The molecule has 1 aliphatic rings. The van der Waals surface area contributed by atoms with E-state index < -0.39 is 0 Å². The fourth-order valence-corrected chi connectivity index (χ4v) is 2.58. The number of rotatable bonds is 4. The molecule has 3 nitrogen and oxygen atoms in total. The van der Waals surface area contributed by atoms with E-state index in [0.717, 1.165) is 25.9 Å². The van der Waals surface area contributed by atoms with Crippen LogP contribution in [0.4, 0.5) is 4.39 Å². The standard InChI is InChI=1S/C14H18FN3/c1-17-9-13-6-3-7-18(13)10-12-5-2-4-11(8-16)14(12)15/h2,4-5,13,17H,3,6-7,9-10H2,1H3. The summed E-state index contributed by atoms with van der Waals surface area (Å²) in [5, 5.41) is 12.0. The Kier molecular flexibility index (Phi) is 4.29. The molecule has 1 aromatic rings. The van der Waals surface area contributed by atoms with Crippen LogP contribution in [0, 0.1) is 17.1 Å². The van der Waals surface area contributed by atoms with Gasteiger partial charge in [0, 0.05) is 24.7 Å². The number of nitriles is 1.